The number of amides is 1. The molecule has 1 rings (SSSR count). The van der Waals surface area contributed by atoms with Gasteiger partial charge in [0.1, 0.15) is 5.02 Å². The highest BCUT2D eigenvalue weighted by molar-refractivity contribution is 6.32. The number of aryl methyl sites for hydroxylation is 1. The molecular formula is C8H13ClN4O. The summed E-state index contributed by atoms with van der Waals surface area (Å²) in [5, 5.41) is 4.35. The van der Waals surface area contributed by atoms with Crippen molar-refractivity contribution in [3.8, 4) is 0 Å². The molecule has 1 aromatic rings. The number of anilines is 1. The molecule has 1 amide bonds. The van der Waals surface area contributed by atoms with E-state index in [9.17, 15) is 4.79 Å². The van der Waals surface area contributed by atoms with Crippen molar-refractivity contribution in [2.45, 2.75) is 13.0 Å². The minimum Gasteiger partial charge on any atom is -0.381 e. The van der Waals surface area contributed by atoms with Crippen molar-refractivity contribution in [2.24, 2.45) is 0 Å². The molecule has 0 fully saturated rings. The van der Waals surface area contributed by atoms with Crippen molar-refractivity contribution in [1.29, 1.82) is 0 Å². The molecule has 6 heteroatoms. The summed E-state index contributed by atoms with van der Waals surface area (Å²) in [4.78, 5) is 12.8. The third-order valence-corrected chi connectivity index (χ3v) is 2.09. The van der Waals surface area contributed by atoms with E-state index in [1.807, 2.05) is 0 Å². The van der Waals surface area contributed by atoms with Gasteiger partial charge in [-0.2, -0.15) is 5.10 Å². The van der Waals surface area contributed by atoms with E-state index < -0.39 is 0 Å². The Morgan fingerprint density at radius 3 is 2.79 bits per heavy atom. The number of nitrogens with zero attached hydrogens (tertiary/aromatic N) is 3. The Morgan fingerprint density at radius 2 is 2.36 bits per heavy atom. The summed E-state index contributed by atoms with van der Waals surface area (Å²) < 4.78 is 1.57. The number of hydrogen-bond acceptors (Lipinski definition) is 3. The molecule has 0 bridgehead atoms. The highest BCUT2D eigenvalue weighted by Gasteiger charge is 2.06. The predicted octanol–water partition coefficient (Wildman–Crippen LogP) is 0.597. The zero-order valence-corrected chi connectivity index (χ0v) is 8.95. The molecule has 0 radical (unpaired) electrons. The number of halogens is 1. The first-order valence-electron chi connectivity index (χ1n) is 4.19. The van der Waals surface area contributed by atoms with Gasteiger partial charge in [0.2, 0.25) is 5.91 Å². The Balaban J connectivity index is 2.50. The van der Waals surface area contributed by atoms with Gasteiger partial charge in [0.25, 0.3) is 0 Å². The van der Waals surface area contributed by atoms with Crippen LogP contribution in [0.5, 0.6) is 0 Å². The van der Waals surface area contributed by atoms with Gasteiger partial charge in [-0.1, -0.05) is 11.6 Å². The monoisotopic (exact) mass is 216 g/mol. The number of hydrogen-bond donors (Lipinski definition) is 1. The van der Waals surface area contributed by atoms with Crippen LogP contribution in [0.2, 0.25) is 5.02 Å². The molecule has 0 aliphatic heterocycles. The molecule has 2 N–H and O–H groups in total. The van der Waals surface area contributed by atoms with Gasteiger partial charge in [0.15, 0.2) is 5.82 Å². The highest BCUT2D eigenvalue weighted by atomic mass is 35.5. The molecule has 78 valence electrons. The highest BCUT2D eigenvalue weighted by Crippen LogP contribution is 2.15. The predicted molar refractivity (Wildman–Crippen MR) is 55.0 cm³/mol. The minimum absolute atomic E-state index is 0.0511. The molecule has 0 saturated heterocycles. The maximum Gasteiger partial charge on any atom is 0.223 e. The van der Waals surface area contributed by atoms with Crippen molar-refractivity contribution >= 4 is 23.3 Å². The first-order chi connectivity index (χ1) is 6.50. The van der Waals surface area contributed by atoms with E-state index in [-0.39, 0.29) is 5.91 Å². The van der Waals surface area contributed by atoms with Crippen molar-refractivity contribution < 1.29 is 4.79 Å². The largest absolute Gasteiger partial charge is 0.381 e. The van der Waals surface area contributed by atoms with Gasteiger partial charge in [-0.25, -0.2) is 0 Å². The Kier molecular flexibility index (Phi) is 3.35. The van der Waals surface area contributed by atoms with Crippen molar-refractivity contribution in [2.75, 3.05) is 19.8 Å². The van der Waals surface area contributed by atoms with Crippen LogP contribution in [-0.2, 0) is 11.3 Å². The van der Waals surface area contributed by atoms with Gasteiger partial charge >= 0.3 is 0 Å². The van der Waals surface area contributed by atoms with Crippen LogP contribution in [0.4, 0.5) is 5.82 Å². The summed E-state index contributed by atoms with van der Waals surface area (Å²) in [7, 11) is 3.43. The SMILES string of the molecule is CN(C)C(=O)CCn1cc(Cl)c(N)n1. The molecule has 14 heavy (non-hydrogen) atoms. The van der Waals surface area contributed by atoms with Crippen molar-refractivity contribution in [3.05, 3.63) is 11.2 Å². The fourth-order valence-electron chi connectivity index (χ4n) is 0.960. The van der Waals surface area contributed by atoms with Crippen molar-refractivity contribution in [3.63, 3.8) is 0 Å². The average molecular weight is 217 g/mol. The number of carbonyl (C=O) groups is 1. The number of nitrogens with two attached hydrogens (primary N) is 1. The van der Waals surface area contributed by atoms with Gasteiger partial charge in [-0.3, -0.25) is 9.48 Å². The molecule has 1 heterocycles. The van der Waals surface area contributed by atoms with Crippen LogP contribution < -0.4 is 5.73 Å². The molecule has 0 aromatic carbocycles. The number of carbonyl (C=O) groups excluding carboxylic acids is 1. The van der Waals surface area contributed by atoms with E-state index in [1.165, 1.54) is 4.90 Å². The molecule has 0 saturated carbocycles. The van der Waals surface area contributed by atoms with E-state index in [1.54, 1.807) is 25.0 Å². The van der Waals surface area contributed by atoms with Crippen LogP contribution in [0.3, 0.4) is 0 Å². The third kappa shape index (κ3) is 2.63. The molecule has 5 nitrogen and oxygen atoms in total. The lowest BCUT2D eigenvalue weighted by Crippen LogP contribution is -2.22. The Labute approximate surface area is 87.4 Å². The van der Waals surface area contributed by atoms with Crippen LogP contribution >= 0.6 is 11.6 Å². The number of aromatic nitrogens is 2. The summed E-state index contributed by atoms with van der Waals surface area (Å²) in [6.45, 7) is 0.494. The summed E-state index contributed by atoms with van der Waals surface area (Å²) in [6.07, 6.45) is 2.00. The third-order valence-electron chi connectivity index (χ3n) is 1.80. The summed E-state index contributed by atoms with van der Waals surface area (Å²) in [5.41, 5.74) is 5.45. The molecule has 0 aliphatic rings. The van der Waals surface area contributed by atoms with Crippen LogP contribution in [0.15, 0.2) is 6.20 Å². The normalized spacial score (nSPS) is 10.2. The molecular weight excluding hydrogens is 204 g/mol. The zero-order valence-electron chi connectivity index (χ0n) is 8.20. The summed E-state index contributed by atoms with van der Waals surface area (Å²) in [5.74, 6) is 0.346. The van der Waals surface area contributed by atoms with E-state index in [2.05, 4.69) is 5.10 Å². The fourth-order valence-corrected chi connectivity index (χ4v) is 1.11. The molecule has 0 spiro atoms. The van der Waals surface area contributed by atoms with E-state index in [4.69, 9.17) is 17.3 Å². The average Bonchev–Trinajstić information content (AvgIpc) is 2.42. The second kappa shape index (κ2) is 4.32. The number of nitrogen functional groups attached to an aromatic ring is 1. The molecule has 1 aromatic heterocycles. The second-order valence-corrected chi connectivity index (χ2v) is 3.57. The Bertz CT molecular complexity index is 315. The molecule has 0 aliphatic carbocycles. The standard InChI is InChI=1S/C8H13ClN4O/c1-12(2)7(14)3-4-13-5-6(9)8(10)11-13/h5H,3-4H2,1-2H3,(H2,10,11). The lowest BCUT2D eigenvalue weighted by atomic mass is 10.4. The Morgan fingerprint density at radius 1 is 1.71 bits per heavy atom. The van der Waals surface area contributed by atoms with E-state index >= 15 is 0 Å². The smallest absolute Gasteiger partial charge is 0.223 e. The first kappa shape index (κ1) is 10.8. The van der Waals surface area contributed by atoms with E-state index in [0.29, 0.717) is 23.8 Å². The topological polar surface area (TPSA) is 64.2 Å². The van der Waals surface area contributed by atoms with Crippen LogP contribution in [-0.4, -0.2) is 34.7 Å². The maximum atomic E-state index is 11.2. The molecule has 0 unspecified atom stereocenters. The van der Waals surface area contributed by atoms with Gasteiger partial charge in [-0.05, 0) is 0 Å². The Hall–Kier alpha value is -1.23. The van der Waals surface area contributed by atoms with Crippen LogP contribution in [0.1, 0.15) is 6.42 Å². The second-order valence-electron chi connectivity index (χ2n) is 3.16. The van der Waals surface area contributed by atoms with Gasteiger partial charge in [-0.15, -0.1) is 0 Å². The van der Waals surface area contributed by atoms with Crippen LogP contribution in [0.25, 0.3) is 0 Å². The van der Waals surface area contributed by atoms with Gasteiger partial charge < -0.3 is 10.6 Å². The van der Waals surface area contributed by atoms with E-state index in [0.717, 1.165) is 0 Å². The van der Waals surface area contributed by atoms with Crippen LogP contribution in [0, 0.1) is 0 Å². The lowest BCUT2D eigenvalue weighted by Gasteiger charge is -2.09. The van der Waals surface area contributed by atoms with Gasteiger partial charge in [0, 0.05) is 33.3 Å². The first-order valence-corrected chi connectivity index (χ1v) is 4.57. The minimum atomic E-state index is 0.0511. The lowest BCUT2D eigenvalue weighted by molar-refractivity contribution is -0.128. The van der Waals surface area contributed by atoms with Gasteiger partial charge in [0.05, 0.1) is 0 Å². The zero-order chi connectivity index (χ0) is 10.7. The summed E-state index contributed by atoms with van der Waals surface area (Å²) in [6, 6.07) is 0. The maximum absolute atomic E-state index is 11.2. The number of rotatable bonds is 3. The quantitative estimate of drug-likeness (QED) is 0.805. The molecule has 0 atom stereocenters. The summed E-state index contributed by atoms with van der Waals surface area (Å²) >= 11 is 5.70. The fraction of sp³-hybridized carbons (Fsp3) is 0.500. The van der Waals surface area contributed by atoms with Crippen molar-refractivity contribution in [1.82, 2.24) is 14.7 Å².